The van der Waals surface area contributed by atoms with Crippen molar-refractivity contribution in [2.45, 2.75) is 55.6 Å². The number of carbonyl (C=O) groups is 2. The van der Waals surface area contributed by atoms with Gasteiger partial charge < -0.3 is 5.32 Å². The predicted octanol–water partition coefficient (Wildman–Crippen LogP) is 3.92. The van der Waals surface area contributed by atoms with E-state index in [1.807, 2.05) is 43.3 Å². The number of anilines is 2. The van der Waals surface area contributed by atoms with Gasteiger partial charge in [0.2, 0.25) is 11.8 Å². The molecule has 2 aliphatic rings. The summed E-state index contributed by atoms with van der Waals surface area (Å²) in [6.07, 6.45) is 5.63. The Morgan fingerprint density at radius 1 is 1.19 bits per heavy atom. The fraction of sp³-hybridized carbons (Fsp3) is 0.348. The summed E-state index contributed by atoms with van der Waals surface area (Å²) in [5, 5.41) is 12.0. The summed E-state index contributed by atoms with van der Waals surface area (Å²) in [5.41, 5.74) is 1.24. The van der Waals surface area contributed by atoms with E-state index < -0.39 is 10.8 Å². The number of para-hydroxylation sites is 2. The van der Waals surface area contributed by atoms with Gasteiger partial charge in [0.15, 0.2) is 11.0 Å². The number of hydrogen-bond donors (Lipinski definition) is 1. The molecule has 164 valence electrons. The van der Waals surface area contributed by atoms with Crippen molar-refractivity contribution >= 4 is 35.0 Å². The molecule has 0 saturated heterocycles. The molecule has 3 heterocycles. The van der Waals surface area contributed by atoms with Crippen LogP contribution in [0.3, 0.4) is 0 Å². The normalized spacial score (nSPS) is 18.1. The summed E-state index contributed by atoms with van der Waals surface area (Å²) in [6.45, 7) is 5.38. The lowest BCUT2D eigenvalue weighted by Gasteiger charge is -2.43. The van der Waals surface area contributed by atoms with Crippen molar-refractivity contribution in [1.82, 2.24) is 19.7 Å². The number of nitrogens with one attached hydrogen (secondary N) is 1. The van der Waals surface area contributed by atoms with Crippen LogP contribution in [0, 0.1) is 0 Å². The number of amides is 2. The molecule has 2 amide bonds. The van der Waals surface area contributed by atoms with Crippen LogP contribution >= 0.6 is 11.8 Å². The lowest BCUT2D eigenvalue weighted by Crippen LogP contribution is -2.60. The third-order valence-corrected chi connectivity index (χ3v) is 6.90. The lowest BCUT2D eigenvalue weighted by molar-refractivity contribution is -0.126. The molecule has 2 aromatic heterocycles. The van der Waals surface area contributed by atoms with Crippen LogP contribution in [0.25, 0.3) is 11.4 Å². The Hall–Kier alpha value is -3.20. The predicted molar refractivity (Wildman–Crippen MR) is 123 cm³/mol. The highest BCUT2D eigenvalue weighted by Gasteiger charge is 2.45. The second kappa shape index (κ2) is 7.74. The van der Waals surface area contributed by atoms with E-state index in [9.17, 15) is 9.59 Å². The van der Waals surface area contributed by atoms with E-state index in [4.69, 9.17) is 0 Å². The van der Waals surface area contributed by atoms with E-state index in [-0.39, 0.29) is 11.8 Å². The molecule has 1 N–H and O–H groups in total. The van der Waals surface area contributed by atoms with E-state index in [0.29, 0.717) is 22.6 Å². The number of aromatic nitrogens is 4. The molecule has 1 unspecified atom stereocenters. The van der Waals surface area contributed by atoms with Crippen molar-refractivity contribution in [2.24, 2.45) is 0 Å². The minimum absolute atomic E-state index is 0.143. The van der Waals surface area contributed by atoms with E-state index in [1.165, 1.54) is 11.8 Å². The Bertz CT molecular complexity index is 1190. The number of benzene rings is 1. The molecule has 1 saturated carbocycles. The van der Waals surface area contributed by atoms with Gasteiger partial charge in [0.25, 0.3) is 0 Å². The van der Waals surface area contributed by atoms with Gasteiger partial charge in [-0.15, -0.1) is 10.2 Å². The largest absolute Gasteiger partial charge is 0.322 e. The Balaban J connectivity index is 1.46. The van der Waals surface area contributed by atoms with Gasteiger partial charge in [0, 0.05) is 24.0 Å². The maximum Gasteiger partial charge on any atom is 0.250 e. The molecule has 5 rings (SSSR count). The maximum absolute atomic E-state index is 13.7. The molecule has 1 atom stereocenters. The molecule has 0 radical (unpaired) electrons. The molecule has 1 fully saturated rings. The minimum Gasteiger partial charge on any atom is -0.322 e. The number of thioether (sulfide) groups is 1. The van der Waals surface area contributed by atoms with Crippen molar-refractivity contribution in [3.8, 4) is 11.4 Å². The van der Waals surface area contributed by atoms with Gasteiger partial charge in [-0.2, -0.15) is 0 Å². The number of hydrogen-bond acceptors (Lipinski definition) is 6. The highest BCUT2D eigenvalue weighted by molar-refractivity contribution is 8.00. The minimum atomic E-state index is -1.01. The molecule has 1 aliphatic heterocycles. The monoisotopic (exact) mass is 448 g/mol. The molecule has 32 heavy (non-hydrogen) atoms. The Kier molecular flexibility index (Phi) is 5.00. The Morgan fingerprint density at radius 2 is 1.97 bits per heavy atom. The number of nitrogens with zero attached hydrogens (tertiary/aromatic N) is 5. The summed E-state index contributed by atoms with van der Waals surface area (Å²) in [6, 6.07) is 11.6. The van der Waals surface area contributed by atoms with Crippen LogP contribution in [-0.2, 0) is 9.59 Å². The molecule has 1 aliphatic carbocycles. The highest BCUT2D eigenvalue weighted by atomic mass is 32.2. The van der Waals surface area contributed by atoms with Crippen molar-refractivity contribution in [3.63, 3.8) is 0 Å². The van der Waals surface area contributed by atoms with Crippen molar-refractivity contribution in [1.29, 1.82) is 0 Å². The van der Waals surface area contributed by atoms with E-state index in [2.05, 4.69) is 25.1 Å². The number of rotatable bonds is 5. The molecule has 0 bridgehead atoms. The second-order valence-electron chi connectivity index (χ2n) is 8.61. The Morgan fingerprint density at radius 3 is 2.69 bits per heavy atom. The number of fused-ring (bicyclic) bond motifs is 1. The van der Waals surface area contributed by atoms with Crippen LogP contribution in [0.4, 0.5) is 11.4 Å². The lowest BCUT2D eigenvalue weighted by atomic mass is 9.96. The smallest absolute Gasteiger partial charge is 0.250 e. The van der Waals surface area contributed by atoms with E-state index in [0.717, 1.165) is 24.2 Å². The van der Waals surface area contributed by atoms with Crippen LogP contribution in [0.15, 0.2) is 53.9 Å². The van der Waals surface area contributed by atoms with Crippen LogP contribution in [0.2, 0.25) is 0 Å². The fourth-order valence-corrected chi connectivity index (χ4v) is 4.91. The zero-order valence-corrected chi connectivity index (χ0v) is 19.0. The third kappa shape index (κ3) is 3.46. The SMILES string of the molecule is CC(Sc1nnc(-c2cccnc2)n1C1CC1)C(=O)N1c2ccccc2NC(=O)C1(C)C. The van der Waals surface area contributed by atoms with Gasteiger partial charge in [-0.05, 0) is 57.9 Å². The topological polar surface area (TPSA) is 93.0 Å². The van der Waals surface area contributed by atoms with Gasteiger partial charge in [0.05, 0.1) is 16.6 Å². The fourth-order valence-electron chi connectivity index (χ4n) is 3.95. The average molecular weight is 449 g/mol. The number of pyridine rings is 1. The number of carbonyl (C=O) groups excluding carboxylic acids is 2. The van der Waals surface area contributed by atoms with Crippen LogP contribution in [0.1, 0.15) is 39.7 Å². The van der Waals surface area contributed by atoms with Gasteiger partial charge in [-0.25, -0.2) is 0 Å². The first-order valence-corrected chi connectivity index (χ1v) is 11.5. The average Bonchev–Trinajstić information content (AvgIpc) is 3.54. The summed E-state index contributed by atoms with van der Waals surface area (Å²) in [4.78, 5) is 32.2. The molecule has 1 aromatic carbocycles. The molecule has 9 heteroatoms. The van der Waals surface area contributed by atoms with Gasteiger partial charge >= 0.3 is 0 Å². The quantitative estimate of drug-likeness (QED) is 0.595. The van der Waals surface area contributed by atoms with Gasteiger partial charge in [-0.1, -0.05) is 23.9 Å². The van der Waals surface area contributed by atoms with E-state index in [1.54, 1.807) is 31.1 Å². The Labute approximate surface area is 190 Å². The standard InChI is InChI=1S/C23H24N6O2S/c1-14(20(30)29-18-9-5-4-8-17(18)25-21(31)23(29,2)3)32-22-27-26-19(28(22)16-10-11-16)15-7-6-12-24-13-15/h4-9,12-14,16H,10-11H2,1-3H3,(H,25,31). The summed E-state index contributed by atoms with van der Waals surface area (Å²) >= 11 is 1.38. The zero-order valence-electron chi connectivity index (χ0n) is 18.1. The van der Waals surface area contributed by atoms with Crippen molar-refractivity contribution < 1.29 is 9.59 Å². The molecule has 3 aromatic rings. The molecular weight excluding hydrogens is 424 g/mol. The van der Waals surface area contributed by atoms with Crippen molar-refractivity contribution in [2.75, 3.05) is 10.2 Å². The van der Waals surface area contributed by atoms with Gasteiger partial charge in [-0.3, -0.25) is 24.0 Å². The van der Waals surface area contributed by atoms with Crippen LogP contribution < -0.4 is 10.2 Å². The van der Waals surface area contributed by atoms with Crippen LogP contribution in [-0.4, -0.2) is 42.4 Å². The van der Waals surface area contributed by atoms with E-state index >= 15 is 0 Å². The first-order valence-electron chi connectivity index (χ1n) is 10.6. The van der Waals surface area contributed by atoms with Gasteiger partial charge in [0.1, 0.15) is 5.54 Å². The summed E-state index contributed by atoms with van der Waals surface area (Å²) in [7, 11) is 0. The maximum atomic E-state index is 13.7. The molecule has 0 spiro atoms. The summed E-state index contributed by atoms with van der Waals surface area (Å²) < 4.78 is 2.12. The van der Waals surface area contributed by atoms with Crippen molar-refractivity contribution in [3.05, 3.63) is 48.8 Å². The molecular formula is C23H24N6O2S. The zero-order chi connectivity index (χ0) is 22.5. The third-order valence-electron chi connectivity index (χ3n) is 5.85. The first-order chi connectivity index (χ1) is 15.4. The summed E-state index contributed by atoms with van der Waals surface area (Å²) in [5.74, 6) is 0.420. The van der Waals surface area contributed by atoms with Crippen LogP contribution in [0.5, 0.6) is 0 Å². The molecule has 8 nitrogen and oxygen atoms in total. The highest BCUT2D eigenvalue weighted by Crippen LogP contribution is 2.43. The first kappa shape index (κ1) is 20.7. The second-order valence-corrected chi connectivity index (χ2v) is 9.92.